The second kappa shape index (κ2) is 3.95. The van der Waals surface area contributed by atoms with Gasteiger partial charge < -0.3 is 5.32 Å². The summed E-state index contributed by atoms with van der Waals surface area (Å²) >= 11 is 0. The molecule has 0 heterocycles. The predicted molar refractivity (Wildman–Crippen MR) is 65.8 cm³/mol. The average molecular weight is 237 g/mol. The molecular formula is C13H23N3O. The molecule has 4 fully saturated rings. The molecule has 0 aromatic carbocycles. The first-order chi connectivity index (χ1) is 8.10. The minimum absolute atomic E-state index is 0.0643. The minimum Gasteiger partial charge on any atom is -0.349 e. The Hall–Kier alpha value is -0.610. The van der Waals surface area contributed by atoms with Crippen molar-refractivity contribution in [1.29, 1.82) is 0 Å². The third-order valence-electron chi connectivity index (χ3n) is 5.07. The van der Waals surface area contributed by atoms with E-state index in [4.69, 9.17) is 5.84 Å². The molecule has 4 heteroatoms. The van der Waals surface area contributed by atoms with Crippen LogP contribution in [0.3, 0.4) is 0 Å². The minimum atomic E-state index is -0.289. The lowest BCUT2D eigenvalue weighted by Crippen LogP contribution is -2.62. The number of hydrazine groups is 1. The van der Waals surface area contributed by atoms with Crippen molar-refractivity contribution in [3.05, 3.63) is 0 Å². The Balaban J connectivity index is 1.72. The van der Waals surface area contributed by atoms with Crippen LogP contribution in [0.5, 0.6) is 0 Å². The highest BCUT2D eigenvalue weighted by molar-refractivity contribution is 5.82. The molecule has 4 aliphatic carbocycles. The number of carbonyl (C=O) groups excluding carboxylic acids is 1. The summed E-state index contributed by atoms with van der Waals surface area (Å²) in [4.78, 5) is 12.0. The number of rotatable bonds is 3. The van der Waals surface area contributed by atoms with Crippen LogP contribution < -0.4 is 16.6 Å². The Morgan fingerprint density at radius 1 is 1.18 bits per heavy atom. The van der Waals surface area contributed by atoms with E-state index in [0.29, 0.717) is 0 Å². The first-order valence-electron chi connectivity index (χ1n) is 6.88. The molecule has 0 aromatic heterocycles. The van der Waals surface area contributed by atoms with Crippen LogP contribution in [0.4, 0.5) is 0 Å². The maximum Gasteiger partial charge on any atom is 0.238 e. The molecule has 4 aliphatic rings. The van der Waals surface area contributed by atoms with E-state index in [1.807, 2.05) is 6.92 Å². The van der Waals surface area contributed by atoms with E-state index in [-0.39, 0.29) is 17.5 Å². The summed E-state index contributed by atoms with van der Waals surface area (Å²) in [5.41, 5.74) is 2.64. The van der Waals surface area contributed by atoms with E-state index in [1.54, 1.807) is 0 Å². The third-order valence-corrected chi connectivity index (χ3v) is 5.07. The fraction of sp³-hybridized carbons (Fsp3) is 0.923. The van der Waals surface area contributed by atoms with Crippen LogP contribution in [0.2, 0.25) is 0 Å². The van der Waals surface area contributed by atoms with Crippen molar-refractivity contribution in [3.8, 4) is 0 Å². The molecule has 0 aliphatic heterocycles. The SMILES string of the molecule is CC(NN)C(=O)NC12CC3CC(CC(C3)C1)C2. The zero-order valence-corrected chi connectivity index (χ0v) is 10.5. The van der Waals surface area contributed by atoms with Gasteiger partial charge in [0.2, 0.25) is 5.91 Å². The van der Waals surface area contributed by atoms with Crippen LogP contribution in [0.15, 0.2) is 0 Å². The van der Waals surface area contributed by atoms with Gasteiger partial charge in [-0.05, 0) is 63.2 Å². The van der Waals surface area contributed by atoms with Gasteiger partial charge in [-0.3, -0.25) is 10.6 Å². The Morgan fingerprint density at radius 2 is 1.65 bits per heavy atom. The summed E-state index contributed by atoms with van der Waals surface area (Å²) in [7, 11) is 0. The van der Waals surface area contributed by atoms with Gasteiger partial charge in [-0.25, -0.2) is 5.43 Å². The number of nitrogens with one attached hydrogen (secondary N) is 2. The van der Waals surface area contributed by atoms with E-state index >= 15 is 0 Å². The number of hydrogen-bond acceptors (Lipinski definition) is 3. The van der Waals surface area contributed by atoms with Crippen molar-refractivity contribution < 1.29 is 4.79 Å². The summed E-state index contributed by atoms with van der Waals surface area (Å²) in [5, 5.41) is 3.29. The summed E-state index contributed by atoms with van der Waals surface area (Å²) in [6.45, 7) is 1.82. The summed E-state index contributed by atoms with van der Waals surface area (Å²) < 4.78 is 0. The molecule has 4 nitrogen and oxygen atoms in total. The van der Waals surface area contributed by atoms with E-state index in [1.165, 1.54) is 38.5 Å². The monoisotopic (exact) mass is 237 g/mol. The molecule has 1 atom stereocenters. The number of nitrogens with two attached hydrogens (primary N) is 1. The average Bonchev–Trinajstić information content (AvgIpc) is 2.25. The van der Waals surface area contributed by atoms with Crippen LogP contribution in [0.1, 0.15) is 45.4 Å². The molecule has 0 radical (unpaired) electrons. The van der Waals surface area contributed by atoms with Crippen LogP contribution in [-0.4, -0.2) is 17.5 Å². The highest BCUT2D eigenvalue weighted by Crippen LogP contribution is 2.55. The Morgan fingerprint density at radius 3 is 2.06 bits per heavy atom. The highest BCUT2D eigenvalue weighted by atomic mass is 16.2. The molecule has 17 heavy (non-hydrogen) atoms. The van der Waals surface area contributed by atoms with Crippen molar-refractivity contribution >= 4 is 5.91 Å². The first kappa shape index (κ1) is 11.5. The lowest BCUT2D eigenvalue weighted by Gasteiger charge is -2.57. The molecule has 1 amide bonds. The standard InChI is InChI=1S/C13H23N3O/c1-8(16-14)12(17)15-13-5-9-2-10(6-13)4-11(3-9)7-13/h8-11,16H,2-7,14H2,1H3,(H,15,17). The Bertz CT molecular complexity index is 293. The van der Waals surface area contributed by atoms with Gasteiger partial charge in [0.25, 0.3) is 0 Å². The maximum atomic E-state index is 12.0. The molecule has 0 aromatic rings. The molecule has 0 saturated heterocycles. The van der Waals surface area contributed by atoms with E-state index in [0.717, 1.165) is 17.8 Å². The largest absolute Gasteiger partial charge is 0.349 e. The molecule has 96 valence electrons. The second-order valence-corrected chi connectivity index (χ2v) is 6.58. The molecule has 4 rings (SSSR count). The van der Waals surface area contributed by atoms with Gasteiger partial charge in [0.05, 0.1) is 6.04 Å². The zero-order chi connectivity index (χ0) is 12.0. The first-order valence-corrected chi connectivity index (χ1v) is 6.88. The second-order valence-electron chi connectivity index (χ2n) is 6.58. The van der Waals surface area contributed by atoms with Gasteiger partial charge in [0.1, 0.15) is 0 Å². The molecule has 4 saturated carbocycles. The summed E-state index contributed by atoms with van der Waals surface area (Å²) in [5.74, 6) is 7.98. The zero-order valence-electron chi connectivity index (χ0n) is 10.5. The highest BCUT2D eigenvalue weighted by Gasteiger charge is 2.51. The molecule has 4 bridgehead atoms. The smallest absolute Gasteiger partial charge is 0.238 e. The predicted octanol–water partition coefficient (Wildman–Crippen LogP) is 0.923. The van der Waals surface area contributed by atoms with Crippen LogP contribution in [0.25, 0.3) is 0 Å². The van der Waals surface area contributed by atoms with Gasteiger partial charge in [-0.15, -0.1) is 0 Å². The van der Waals surface area contributed by atoms with Crippen molar-refractivity contribution in [1.82, 2.24) is 10.7 Å². The van der Waals surface area contributed by atoms with Crippen molar-refractivity contribution in [2.24, 2.45) is 23.6 Å². The quantitative estimate of drug-likeness (QED) is 0.505. The van der Waals surface area contributed by atoms with Gasteiger partial charge in [-0.1, -0.05) is 0 Å². The Labute approximate surface area is 103 Å². The fourth-order valence-electron chi connectivity index (χ4n) is 4.71. The molecule has 4 N–H and O–H groups in total. The number of carbonyl (C=O) groups is 1. The van der Waals surface area contributed by atoms with Crippen LogP contribution in [0, 0.1) is 17.8 Å². The van der Waals surface area contributed by atoms with Crippen LogP contribution >= 0.6 is 0 Å². The van der Waals surface area contributed by atoms with Gasteiger partial charge in [-0.2, -0.15) is 0 Å². The van der Waals surface area contributed by atoms with Gasteiger partial charge >= 0.3 is 0 Å². The summed E-state index contributed by atoms with van der Waals surface area (Å²) in [6.07, 6.45) is 7.80. The normalized spacial score (nSPS) is 44.7. The molecule has 0 spiro atoms. The number of amides is 1. The Kier molecular flexibility index (Phi) is 2.67. The summed E-state index contributed by atoms with van der Waals surface area (Å²) in [6, 6.07) is -0.289. The van der Waals surface area contributed by atoms with Crippen molar-refractivity contribution in [3.63, 3.8) is 0 Å². The molecular weight excluding hydrogens is 214 g/mol. The fourth-order valence-corrected chi connectivity index (χ4v) is 4.71. The van der Waals surface area contributed by atoms with Crippen molar-refractivity contribution in [2.45, 2.75) is 57.0 Å². The maximum absolute atomic E-state index is 12.0. The molecule has 1 unspecified atom stereocenters. The third kappa shape index (κ3) is 1.97. The van der Waals surface area contributed by atoms with Crippen LogP contribution in [-0.2, 0) is 4.79 Å². The lowest BCUT2D eigenvalue weighted by atomic mass is 9.53. The van der Waals surface area contributed by atoms with E-state index < -0.39 is 0 Å². The number of hydrogen-bond donors (Lipinski definition) is 3. The topological polar surface area (TPSA) is 67.1 Å². The van der Waals surface area contributed by atoms with Gasteiger partial charge in [0, 0.05) is 5.54 Å². The van der Waals surface area contributed by atoms with E-state index in [2.05, 4.69) is 10.7 Å². The van der Waals surface area contributed by atoms with Crippen molar-refractivity contribution in [2.75, 3.05) is 0 Å². The lowest BCUT2D eigenvalue weighted by molar-refractivity contribution is -0.128. The van der Waals surface area contributed by atoms with E-state index in [9.17, 15) is 4.79 Å². The van der Waals surface area contributed by atoms with Gasteiger partial charge in [0.15, 0.2) is 0 Å².